The van der Waals surface area contributed by atoms with Crippen molar-refractivity contribution in [3.8, 4) is 0 Å². The molecule has 0 aliphatic heterocycles. The second kappa shape index (κ2) is 5.55. The summed E-state index contributed by atoms with van der Waals surface area (Å²) in [5.41, 5.74) is 2.47. The van der Waals surface area contributed by atoms with E-state index >= 15 is 0 Å². The Morgan fingerprint density at radius 3 is 3.08 bits per heavy atom. The summed E-state index contributed by atoms with van der Waals surface area (Å²) in [7, 11) is 1.69. The van der Waals surface area contributed by atoms with Crippen LogP contribution in [0.15, 0.2) is 22.5 Å². The molecule has 4 nitrogen and oxygen atoms in total. The summed E-state index contributed by atoms with van der Waals surface area (Å²) in [4.78, 5) is 5.26. The highest BCUT2D eigenvalue weighted by atomic mass is 32.1. The summed E-state index contributed by atoms with van der Waals surface area (Å²) in [6, 6.07) is 4.17. The summed E-state index contributed by atoms with van der Waals surface area (Å²) in [6.45, 7) is 0.845. The highest BCUT2D eigenvalue weighted by Gasteiger charge is 1.95. The zero-order valence-corrected chi connectivity index (χ0v) is 8.40. The van der Waals surface area contributed by atoms with Crippen molar-refractivity contribution in [2.45, 2.75) is 6.42 Å². The van der Waals surface area contributed by atoms with Gasteiger partial charge in [-0.3, -0.25) is 10.4 Å². The molecular weight excluding hydrogens is 184 g/mol. The van der Waals surface area contributed by atoms with E-state index in [0.717, 1.165) is 13.0 Å². The Morgan fingerprint density at radius 1 is 1.69 bits per heavy atom. The lowest BCUT2D eigenvalue weighted by molar-refractivity contribution is 0.823. The number of hydrogen-bond donors (Lipinski definition) is 3. The Morgan fingerprint density at radius 2 is 2.54 bits per heavy atom. The average molecular weight is 198 g/mol. The summed E-state index contributed by atoms with van der Waals surface area (Å²) in [5.74, 6) is 5.82. The first-order valence-corrected chi connectivity index (χ1v) is 4.94. The average Bonchev–Trinajstić information content (AvgIpc) is 2.65. The third-order valence-electron chi connectivity index (χ3n) is 1.60. The molecule has 1 aromatic rings. The molecule has 5 heteroatoms. The Balaban J connectivity index is 2.21. The van der Waals surface area contributed by atoms with Crippen molar-refractivity contribution in [2.75, 3.05) is 13.6 Å². The Labute approximate surface area is 81.8 Å². The lowest BCUT2D eigenvalue weighted by Gasteiger charge is -2.06. The number of aliphatic imine (C=N–C) groups is 1. The predicted octanol–water partition coefficient (Wildman–Crippen LogP) is 0.329. The van der Waals surface area contributed by atoms with Crippen LogP contribution in [0.1, 0.15) is 4.88 Å². The van der Waals surface area contributed by atoms with Gasteiger partial charge in [0.25, 0.3) is 0 Å². The quantitative estimate of drug-likeness (QED) is 0.284. The number of nitrogens with two attached hydrogens (primary N) is 1. The number of guanidine groups is 1. The van der Waals surface area contributed by atoms with Crippen molar-refractivity contribution < 1.29 is 0 Å². The van der Waals surface area contributed by atoms with Gasteiger partial charge in [0.1, 0.15) is 0 Å². The van der Waals surface area contributed by atoms with Gasteiger partial charge in [0, 0.05) is 18.5 Å². The zero-order chi connectivity index (χ0) is 9.52. The van der Waals surface area contributed by atoms with E-state index in [0.29, 0.717) is 5.96 Å². The predicted molar refractivity (Wildman–Crippen MR) is 56.7 cm³/mol. The van der Waals surface area contributed by atoms with Crippen LogP contribution >= 0.6 is 11.3 Å². The standard InChI is InChI=1S/C8H14N4S/c1-10-8(12-9)11-5-4-7-3-2-6-13-7/h2-3,6H,4-5,9H2,1H3,(H2,10,11,12). The molecule has 1 rings (SSSR count). The molecule has 0 radical (unpaired) electrons. The summed E-state index contributed by atoms with van der Waals surface area (Å²) >= 11 is 1.76. The number of rotatable bonds is 3. The maximum Gasteiger partial charge on any atom is 0.205 e. The van der Waals surface area contributed by atoms with Crippen molar-refractivity contribution in [3.63, 3.8) is 0 Å². The highest BCUT2D eigenvalue weighted by molar-refractivity contribution is 7.09. The van der Waals surface area contributed by atoms with Crippen LogP contribution in [0.4, 0.5) is 0 Å². The molecule has 0 atom stereocenters. The van der Waals surface area contributed by atoms with E-state index in [1.807, 2.05) is 0 Å². The summed E-state index contributed by atoms with van der Waals surface area (Å²) < 4.78 is 0. The van der Waals surface area contributed by atoms with Gasteiger partial charge in [0.15, 0.2) is 0 Å². The highest BCUT2D eigenvalue weighted by Crippen LogP contribution is 2.07. The SMILES string of the molecule is CN=C(NN)NCCc1cccs1. The lowest BCUT2D eigenvalue weighted by Crippen LogP contribution is -2.42. The van der Waals surface area contributed by atoms with E-state index in [9.17, 15) is 0 Å². The van der Waals surface area contributed by atoms with E-state index < -0.39 is 0 Å². The molecule has 0 bridgehead atoms. The molecule has 0 spiro atoms. The molecule has 0 saturated heterocycles. The first kappa shape index (κ1) is 10.0. The van der Waals surface area contributed by atoms with Gasteiger partial charge in [-0.2, -0.15) is 0 Å². The van der Waals surface area contributed by atoms with E-state index in [-0.39, 0.29) is 0 Å². The van der Waals surface area contributed by atoms with Gasteiger partial charge in [-0.05, 0) is 17.9 Å². The molecule has 0 unspecified atom stereocenters. The number of hydrazine groups is 1. The Hall–Kier alpha value is -1.07. The zero-order valence-electron chi connectivity index (χ0n) is 7.58. The van der Waals surface area contributed by atoms with E-state index in [1.54, 1.807) is 18.4 Å². The van der Waals surface area contributed by atoms with Crippen LogP contribution in [-0.4, -0.2) is 19.6 Å². The molecule has 13 heavy (non-hydrogen) atoms. The lowest BCUT2D eigenvalue weighted by atomic mass is 10.3. The molecule has 0 saturated carbocycles. The molecule has 1 heterocycles. The third-order valence-corrected chi connectivity index (χ3v) is 2.54. The molecule has 0 aromatic carbocycles. The minimum atomic E-state index is 0.622. The van der Waals surface area contributed by atoms with Crippen LogP contribution in [0.25, 0.3) is 0 Å². The Kier molecular flexibility index (Phi) is 4.28. The third kappa shape index (κ3) is 3.43. The Bertz CT molecular complexity index is 255. The van der Waals surface area contributed by atoms with E-state index in [2.05, 4.69) is 33.2 Å². The summed E-state index contributed by atoms with van der Waals surface area (Å²) in [6.07, 6.45) is 0.998. The van der Waals surface area contributed by atoms with E-state index in [1.165, 1.54) is 4.88 Å². The normalized spacial score (nSPS) is 11.4. The largest absolute Gasteiger partial charge is 0.355 e. The molecular formula is C8H14N4S. The van der Waals surface area contributed by atoms with Gasteiger partial charge in [-0.15, -0.1) is 11.3 Å². The van der Waals surface area contributed by atoms with Crippen LogP contribution in [-0.2, 0) is 6.42 Å². The minimum absolute atomic E-state index is 0.622. The van der Waals surface area contributed by atoms with Crippen molar-refractivity contribution in [1.29, 1.82) is 0 Å². The number of thiophene rings is 1. The first-order valence-electron chi connectivity index (χ1n) is 4.06. The molecule has 0 fully saturated rings. The van der Waals surface area contributed by atoms with Crippen LogP contribution in [0.2, 0.25) is 0 Å². The van der Waals surface area contributed by atoms with Crippen molar-refractivity contribution in [3.05, 3.63) is 22.4 Å². The summed E-state index contributed by atoms with van der Waals surface area (Å²) in [5, 5.41) is 5.15. The van der Waals surface area contributed by atoms with Gasteiger partial charge < -0.3 is 5.32 Å². The molecule has 0 aliphatic rings. The van der Waals surface area contributed by atoms with Crippen LogP contribution < -0.4 is 16.6 Å². The number of nitrogens with one attached hydrogen (secondary N) is 2. The second-order valence-electron chi connectivity index (χ2n) is 2.47. The fraction of sp³-hybridized carbons (Fsp3) is 0.375. The van der Waals surface area contributed by atoms with Crippen LogP contribution in [0.3, 0.4) is 0 Å². The van der Waals surface area contributed by atoms with Gasteiger partial charge in [0.2, 0.25) is 5.96 Å². The maximum absolute atomic E-state index is 5.20. The van der Waals surface area contributed by atoms with Crippen molar-refractivity contribution in [2.24, 2.45) is 10.8 Å². The molecule has 0 amide bonds. The van der Waals surface area contributed by atoms with Gasteiger partial charge in [0.05, 0.1) is 0 Å². The van der Waals surface area contributed by atoms with Crippen molar-refractivity contribution in [1.82, 2.24) is 10.7 Å². The number of hydrogen-bond acceptors (Lipinski definition) is 3. The fourth-order valence-electron chi connectivity index (χ4n) is 0.954. The number of nitrogens with zero attached hydrogens (tertiary/aromatic N) is 1. The minimum Gasteiger partial charge on any atom is -0.355 e. The monoisotopic (exact) mass is 198 g/mol. The molecule has 0 aliphatic carbocycles. The molecule has 4 N–H and O–H groups in total. The molecule has 72 valence electrons. The maximum atomic E-state index is 5.20. The topological polar surface area (TPSA) is 62.4 Å². The fourth-order valence-corrected chi connectivity index (χ4v) is 1.66. The second-order valence-corrected chi connectivity index (χ2v) is 3.50. The van der Waals surface area contributed by atoms with Gasteiger partial charge >= 0.3 is 0 Å². The van der Waals surface area contributed by atoms with Crippen molar-refractivity contribution >= 4 is 17.3 Å². The van der Waals surface area contributed by atoms with Gasteiger partial charge in [-0.1, -0.05) is 6.07 Å². The van der Waals surface area contributed by atoms with Crippen LogP contribution in [0, 0.1) is 0 Å². The first-order chi connectivity index (χ1) is 6.36. The van der Waals surface area contributed by atoms with E-state index in [4.69, 9.17) is 5.84 Å². The van der Waals surface area contributed by atoms with Crippen LogP contribution in [0.5, 0.6) is 0 Å². The van der Waals surface area contributed by atoms with Gasteiger partial charge in [-0.25, -0.2) is 5.84 Å². The molecule has 1 aromatic heterocycles. The smallest absolute Gasteiger partial charge is 0.205 e.